The molecule has 0 aliphatic heterocycles. The number of benzene rings is 1. The van der Waals surface area contributed by atoms with Crippen molar-refractivity contribution in [2.75, 3.05) is 0 Å². The van der Waals surface area contributed by atoms with Crippen molar-refractivity contribution >= 4 is 11.6 Å². The minimum atomic E-state index is 0.230. The molecule has 0 spiro atoms. The van der Waals surface area contributed by atoms with Gasteiger partial charge >= 0.3 is 0 Å². The maximum atomic E-state index is 5.21. The Morgan fingerprint density at radius 1 is 1.14 bits per heavy atom. The van der Waals surface area contributed by atoms with Crippen LogP contribution in [-0.4, -0.2) is 5.16 Å². The van der Waals surface area contributed by atoms with E-state index in [4.69, 9.17) is 4.52 Å². The van der Waals surface area contributed by atoms with Crippen LogP contribution in [-0.2, 0) is 10.8 Å². The summed E-state index contributed by atoms with van der Waals surface area (Å²) in [7, 11) is 0. The fraction of sp³-hybridized carbons (Fsp3) is 0.450. The van der Waals surface area contributed by atoms with Gasteiger partial charge in [-0.3, -0.25) is 0 Å². The Labute approximate surface area is 133 Å². The Bertz CT molecular complexity index is 733. The second-order valence-electron chi connectivity index (χ2n) is 7.90. The minimum absolute atomic E-state index is 0.230. The maximum Gasteiger partial charge on any atom is 0.159 e. The lowest BCUT2D eigenvalue weighted by Crippen LogP contribution is -2.17. The van der Waals surface area contributed by atoms with Crippen LogP contribution >= 0.6 is 0 Å². The SMILES string of the molecule is CC(=Cc1ccno1)c1cc2c(cc1C)C(C)(C)CC2(C)C. The van der Waals surface area contributed by atoms with Gasteiger partial charge in [-0.15, -0.1) is 0 Å². The van der Waals surface area contributed by atoms with Crippen LogP contribution < -0.4 is 0 Å². The molecule has 22 heavy (non-hydrogen) atoms. The molecule has 2 nitrogen and oxygen atoms in total. The average molecular weight is 295 g/mol. The molecule has 0 N–H and O–H groups in total. The van der Waals surface area contributed by atoms with E-state index in [2.05, 4.69) is 64.9 Å². The van der Waals surface area contributed by atoms with Crippen molar-refractivity contribution in [3.63, 3.8) is 0 Å². The third-order valence-corrected chi connectivity index (χ3v) is 4.95. The summed E-state index contributed by atoms with van der Waals surface area (Å²) >= 11 is 0. The van der Waals surface area contributed by atoms with Crippen molar-refractivity contribution in [3.8, 4) is 0 Å². The summed E-state index contributed by atoms with van der Waals surface area (Å²) in [5.41, 5.74) is 7.34. The van der Waals surface area contributed by atoms with Gasteiger partial charge in [0.25, 0.3) is 0 Å². The Kier molecular flexibility index (Phi) is 3.32. The largest absolute Gasteiger partial charge is 0.357 e. The van der Waals surface area contributed by atoms with Gasteiger partial charge in [0.2, 0.25) is 0 Å². The highest BCUT2D eigenvalue weighted by Crippen LogP contribution is 2.50. The first-order valence-corrected chi connectivity index (χ1v) is 7.96. The van der Waals surface area contributed by atoms with Crippen LogP contribution in [0.1, 0.15) is 69.1 Å². The number of rotatable bonds is 2. The van der Waals surface area contributed by atoms with Gasteiger partial charge in [-0.1, -0.05) is 45.0 Å². The predicted molar refractivity (Wildman–Crippen MR) is 91.9 cm³/mol. The monoisotopic (exact) mass is 295 g/mol. The molecule has 2 heteroatoms. The second kappa shape index (κ2) is 4.84. The molecule has 0 atom stereocenters. The van der Waals surface area contributed by atoms with E-state index in [0.29, 0.717) is 0 Å². The topological polar surface area (TPSA) is 26.0 Å². The quantitative estimate of drug-likeness (QED) is 0.731. The van der Waals surface area contributed by atoms with Gasteiger partial charge in [-0.05, 0) is 65.0 Å². The lowest BCUT2D eigenvalue weighted by atomic mass is 9.82. The number of aryl methyl sites for hydroxylation is 1. The van der Waals surface area contributed by atoms with Crippen LogP contribution in [0.3, 0.4) is 0 Å². The number of fused-ring (bicyclic) bond motifs is 1. The summed E-state index contributed by atoms with van der Waals surface area (Å²) in [5, 5.41) is 3.77. The fourth-order valence-corrected chi connectivity index (χ4v) is 4.14. The fourth-order valence-electron chi connectivity index (χ4n) is 4.14. The number of allylic oxidation sites excluding steroid dienone is 1. The molecule has 0 bridgehead atoms. The maximum absolute atomic E-state index is 5.21. The molecule has 0 fully saturated rings. The molecule has 0 saturated carbocycles. The van der Waals surface area contributed by atoms with Crippen molar-refractivity contribution in [3.05, 3.63) is 52.4 Å². The summed E-state index contributed by atoms with van der Waals surface area (Å²) < 4.78 is 5.21. The van der Waals surface area contributed by atoms with E-state index in [-0.39, 0.29) is 10.8 Å². The molecular formula is C20H25NO. The highest BCUT2D eigenvalue weighted by molar-refractivity contribution is 5.81. The number of aromatic nitrogens is 1. The smallest absolute Gasteiger partial charge is 0.159 e. The van der Waals surface area contributed by atoms with E-state index in [1.165, 1.54) is 34.2 Å². The standard InChI is InChI=1S/C20H25NO/c1-13(9-15-7-8-21-22-15)16-11-18-17(10-14(16)2)19(3,4)12-20(18,5)6/h7-11H,12H2,1-6H3. The van der Waals surface area contributed by atoms with E-state index in [9.17, 15) is 0 Å². The molecule has 0 amide bonds. The van der Waals surface area contributed by atoms with E-state index in [0.717, 1.165) is 5.76 Å². The third-order valence-electron chi connectivity index (χ3n) is 4.95. The van der Waals surface area contributed by atoms with Crippen LogP contribution in [0, 0.1) is 6.92 Å². The molecule has 0 unspecified atom stereocenters. The van der Waals surface area contributed by atoms with Crippen molar-refractivity contribution in [1.29, 1.82) is 0 Å². The molecule has 2 aromatic rings. The zero-order chi connectivity index (χ0) is 16.1. The minimum Gasteiger partial charge on any atom is -0.357 e. The molecule has 1 aromatic heterocycles. The molecule has 116 valence electrons. The Morgan fingerprint density at radius 2 is 1.77 bits per heavy atom. The average Bonchev–Trinajstić information content (AvgIpc) is 2.94. The predicted octanol–water partition coefficient (Wildman–Crippen LogP) is 5.50. The summed E-state index contributed by atoms with van der Waals surface area (Å²) in [6.07, 6.45) is 4.94. The highest BCUT2D eigenvalue weighted by Gasteiger charge is 2.42. The normalized spacial score (nSPS) is 19.3. The lowest BCUT2D eigenvalue weighted by Gasteiger charge is -2.22. The molecule has 0 radical (unpaired) electrons. The van der Waals surface area contributed by atoms with Gasteiger partial charge in [0.1, 0.15) is 0 Å². The Balaban J connectivity index is 2.13. The van der Waals surface area contributed by atoms with Gasteiger partial charge in [-0.2, -0.15) is 0 Å². The van der Waals surface area contributed by atoms with Crippen LogP contribution in [0.25, 0.3) is 11.6 Å². The number of nitrogens with zero attached hydrogens (tertiary/aromatic N) is 1. The molecule has 0 saturated heterocycles. The van der Waals surface area contributed by atoms with E-state index < -0.39 is 0 Å². The molecule has 1 aliphatic rings. The summed E-state index contributed by atoms with van der Waals surface area (Å²) in [6, 6.07) is 6.66. The Morgan fingerprint density at radius 3 is 2.36 bits per heavy atom. The zero-order valence-corrected chi connectivity index (χ0v) is 14.4. The first-order chi connectivity index (χ1) is 10.2. The molecule has 1 aliphatic carbocycles. The van der Waals surface area contributed by atoms with Gasteiger partial charge in [0.15, 0.2) is 5.76 Å². The number of hydrogen-bond donors (Lipinski definition) is 0. The Hall–Kier alpha value is -1.83. The van der Waals surface area contributed by atoms with E-state index >= 15 is 0 Å². The molecule has 3 rings (SSSR count). The van der Waals surface area contributed by atoms with Crippen LogP contribution in [0.4, 0.5) is 0 Å². The first-order valence-electron chi connectivity index (χ1n) is 7.96. The summed E-state index contributed by atoms with van der Waals surface area (Å²) in [5.74, 6) is 0.803. The number of hydrogen-bond acceptors (Lipinski definition) is 2. The van der Waals surface area contributed by atoms with Crippen molar-refractivity contribution in [2.24, 2.45) is 0 Å². The van der Waals surface area contributed by atoms with Gasteiger partial charge in [0.05, 0.1) is 6.20 Å². The second-order valence-corrected chi connectivity index (χ2v) is 7.90. The molecule has 1 heterocycles. The van der Waals surface area contributed by atoms with Crippen molar-refractivity contribution in [1.82, 2.24) is 5.16 Å². The third kappa shape index (κ3) is 2.41. The van der Waals surface area contributed by atoms with Gasteiger partial charge in [-0.25, -0.2) is 0 Å². The molecular weight excluding hydrogens is 270 g/mol. The van der Waals surface area contributed by atoms with Gasteiger partial charge in [0, 0.05) is 6.07 Å². The first kappa shape index (κ1) is 15.1. The van der Waals surface area contributed by atoms with Crippen LogP contribution in [0.15, 0.2) is 28.9 Å². The summed E-state index contributed by atoms with van der Waals surface area (Å²) in [4.78, 5) is 0. The van der Waals surface area contributed by atoms with Crippen molar-refractivity contribution in [2.45, 2.75) is 58.8 Å². The van der Waals surface area contributed by atoms with Crippen molar-refractivity contribution < 1.29 is 4.52 Å². The lowest BCUT2D eigenvalue weighted by molar-refractivity contribution is 0.403. The zero-order valence-electron chi connectivity index (χ0n) is 14.4. The van der Waals surface area contributed by atoms with E-state index in [1.807, 2.05) is 6.07 Å². The van der Waals surface area contributed by atoms with Crippen LogP contribution in [0.5, 0.6) is 0 Å². The van der Waals surface area contributed by atoms with Crippen LogP contribution in [0.2, 0.25) is 0 Å². The summed E-state index contributed by atoms with van der Waals surface area (Å²) in [6.45, 7) is 13.8. The molecule has 1 aromatic carbocycles. The van der Waals surface area contributed by atoms with Gasteiger partial charge < -0.3 is 4.52 Å². The van der Waals surface area contributed by atoms with E-state index in [1.54, 1.807) is 6.20 Å². The highest BCUT2D eigenvalue weighted by atomic mass is 16.5.